The number of rotatable bonds is 4. The molecule has 0 bridgehead atoms. The molecule has 2 aromatic rings. The molecule has 0 atom stereocenters. The van der Waals surface area contributed by atoms with Gasteiger partial charge in [-0.05, 0) is 22.0 Å². The molecule has 1 aromatic carbocycles. The number of hydrogen-bond donors (Lipinski definition) is 0. The first-order valence-corrected chi connectivity index (χ1v) is 7.69. The van der Waals surface area contributed by atoms with Crippen molar-refractivity contribution in [3.63, 3.8) is 0 Å². The van der Waals surface area contributed by atoms with E-state index in [1.165, 1.54) is 10.3 Å². The van der Waals surface area contributed by atoms with Crippen molar-refractivity contribution in [1.82, 2.24) is 0 Å². The summed E-state index contributed by atoms with van der Waals surface area (Å²) in [4.78, 5) is 13.3. The van der Waals surface area contributed by atoms with Gasteiger partial charge in [0.05, 0.1) is 7.11 Å². The number of ether oxygens (including phenoxy) is 1. The Balaban J connectivity index is 2.18. The second-order valence-corrected chi connectivity index (χ2v) is 6.16. The molecule has 0 fully saturated rings. The fourth-order valence-electron chi connectivity index (χ4n) is 1.52. The summed E-state index contributed by atoms with van der Waals surface area (Å²) in [5, 5.41) is 1.11. The zero-order valence-corrected chi connectivity index (χ0v) is 12.3. The van der Waals surface area contributed by atoms with Crippen LogP contribution in [0.5, 0.6) is 5.75 Å². The smallest absolute Gasteiger partial charge is 0.263 e. The number of halogens is 1. The van der Waals surface area contributed by atoms with Gasteiger partial charge < -0.3 is 9.64 Å². The highest BCUT2D eigenvalue weighted by Crippen LogP contribution is 2.31. The van der Waals surface area contributed by atoms with Crippen LogP contribution in [-0.4, -0.2) is 14.2 Å². The van der Waals surface area contributed by atoms with E-state index in [-0.39, 0.29) is 4.74 Å². The second-order valence-electron chi connectivity index (χ2n) is 3.69. The molecule has 0 aliphatic rings. The van der Waals surface area contributed by atoms with Gasteiger partial charge in [0.15, 0.2) is 0 Å². The van der Waals surface area contributed by atoms with Gasteiger partial charge >= 0.3 is 0 Å². The van der Waals surface area contributed by atoms with Crippen LogP contribution in [0.15, 0.2) is 23.0 Å². The van der Waals surface area contributed by atoms with Gasteiger partial charge in [-0.2, -0.15) is 0 Å². The normalized spacial score (nSPS) is 10.4. The molecule has 95 valence electrons. The third kappa shape index (κ3) is 2.85. The lowest BCUT2D eigenvalue weighted by Gasteiger charge is -2.17. The van der Waals surface area contributed by atoms with Gasteiger partial charge in [0.2, 0.25) is 0 Å². The molecule has 0 aliphatic carbocycles. The molecule has 18 heavy (non-hydrogen) atoms. The molecule has 2 rings (SSSR count). The lowest BCUT2D eigenvalue weighted by atomic mass is 10.2. The third-order valence-corrected chi connectivity index (χ3v) is 5.25. The summed E-state index contributed by atoms with van der Waals surface area (Å²) in [6.45, 7) is 0.664. The van der Waals surface area contributed by atoms with Crippen LogP contribution in [-0.2, 0) is 6.54 Å². The maximum absolute atomic E-state index is 11.3. The minimum atomic E-state index is -0.0810. The molecule has 3 nitrogen and oxygen atoms in total. The Morgan fingerprint density at radius 1 is 1.50 bits per heavy atom. The molecule has 0 saturated heterocycles. The summed E-state index contributed by atoms with van der Waals surface area (Å²) >= 11 is 5.96. The van der Waals surface area contributed by atoms with Crippen LogP contribution < -0.4 is 14.4 Å². The van der Waals surface area contributed by atoms with Crippen LogP contribution in [0, 0.1) is 6.07 Å². The number of nitrogens with zero attached hydrogens (tertiary/aromatic N) is 1. The maximum Gasteiger partial charge on any atom is 0.263 e. The monoisotopic (exact) mass is 300 g/mol. The van der Waals surface area contributed by atoms with E-state index < -0.39 is 0 Å². The Labute approximate surface area is 118 Å². The lowest BCUT2D eigenvalue weighted by molar-refractivity contribution is 0.413. The predicted octanol–water partition coefficient (Wildman–Crippen LogP) is 3.27. The van der Waals surface area contributed by atoms with E-state index in [2.05, 4.69) is 6.07 Å². The van der Waals surface area contributed by atoms with Crippen molar-refractivity contribution in [2.75, 3.05) is 19.1 Å². The van der Waals surface area contributed by atoms with E-state index in [1.807, 2.05) is 30.1 Å². The van der Waals surface area contributed by atoms with Crippen LogP contribution in [0.2, 0.25) is 5.02 Å². The van der Waals surface area contributed by atoms with Gasteiger partial charge in [-0.25, -0.2) is 0 Å². The zero-order valence-electron chi connectivity index (χ0n) is 9.90. The quantitative estimate of drug-likeness (QED) is 0.812. The van der Waals surface area contributed by atoms with Gasteiger partial charge in [0.25, 0.3) is 4.74 Å². The number of benzene rings is 1. The van der Waals surface area contributed by atoms with Crippen LogP contribution in [0.25, 0.3) is 0 Å². The fourth-order valence-corrected chi connectivity index (χ4v) is 4.26. The zero-order chi connectivity index (χ0) is 13.1. The molecule has 0 N–H and O–H groups in total. The number of anilines is 1. The minimum absolute atomic E-state index is 0.0810. The maximum atomic E-state index is 11.3. The van der Waals surface area contributed by atoms with Crippen molar-refractivity contribution >= 4 is 37.3 Å². The molecule has 0 saturated carbocycles. The highest BCUT2D eigenvalue weighted by atomic mass is 35.5. The number of hydrogen-bond acceptors (Lipinski definition) is 5. The minimum Gasteiger partial charge on any atom is -0.496 e. The van der Waals surface area contributed by atoms with Crippen molar-refractivity contribution in [3.05, 3.63) is 44.4 Å². The van der Waals surface area contributed by atoms with Crippen molar-refractivity contribution in [2.24, 2.45) is 0 Å². The van der Waals surface area contributed by atoms with Crippen molar-refractivity contribution in [1.29, 1.82) is 0 Å². The summed E-state index contributed by atoms with van der Waals surface area (Å²) in [6.07, 6.45) is 0. The van der Waals surface area contributed by atoms with E-state index in [4.69, 9.17) is 16.3 Å². The molecular formula is C12H11ClNO2S2. The molecular weight excluding hydrogens is 290 g/mol. The second kappa shape index (κ2) is 5.73. The van der Waals surface area contributed by atoms with Gasteiger partial charge in [-0.1, -0.05) is 34.1 Å². The van der Waals surface area contributed by atoms with Gasteiger partial charge in [0, 0.05) is 19.7 Å². The topological polar surface area (TPSA) is 29.5 Å². The van der Waals surface area contributed by atoms with Crippen LogP contribution in [0.3, 0.4) is 0 Å². The highest BCUT2D eigenvalue weighted by Gasteiger charge is 2.13. The Bertz CT molecular complexity index is 594. The average Bonchev–Trinajstić information content (AvgIpc) is 2.70. The van der Waals surface area contributed by atoms with Crippen LogP contribution >= 0.6 is 32.3 Å². The van der Waals surface area contributed by atoms with Crippen molar-refractivity contribution in [2.45, 2.75) is 6.54 Å². The lowest BCUT2D eigenvalue weighted by Crippen LogP contribution is -2.16. The summed E-state index contributed by atoms with van der Waals surface area (Å²) in [7, 11) is 6.08. The predicted molar refractivity (Wildman–Crippen MR) is 77.4 cm³/mol. The Hall–Kier alpha value is -1.04. The first-order valence-electron chi connectivity index (χ1n) is 5.16. The Morgan fingerprint density at radius 2 is 2.28 bits per heavy atom. The number of methoxy groups -OCH3 is 1. The first-order chi connectivity index (χ1) is 8.61. The fraction of sp³-hybridized carbons (Fsp3) is 0.250. The summed E-state index contributed by atoms with van der Waals surface area (Å²) in [5.74, 6) is 0.700. The van der Waals surface area contributed by atoms with Crippen LogP contribution in [0.1, 0.15) is 5.56 Å². The summed E-state index contributed by atoms with van der Waals surface area (Å²) < 4.78 is 5.04. The molecule has 0 spiro atoms. The largest absolute Gasteiger partial charge is 0.496 e. The molecule has 0 aliphatic heterocycles. The average molecular weight is 301 g/mol. The first kappa shape index (κ1) is 13.4. The molecule has 1 heterocycles. The Kier molecular flexibility index (Phi) is 4.27. The van der Waals surface area contributed by atoms with E-state index >= 15 is 0 Å². The van der Waals surface area contributed by atoms with Crippen LogP contribution in [0.4, 0.5) is 5.00 Å². The SMILES string of the molecule is COc1[c]ccc(CN(C)c2ssc(=O)c2Cl)c1. The Morgan fingerprint density at radius 3 is 2.89 bits per heavy atom. The van der Waals surface area contributed by atoms with Crippen molar-refractivity contribution < 1.29 is 4.74 Å². The van der Waals surface area contributed by atoms with Crippen molar-refractivity contribution in [3.8, 4) is 5.75 Å². The molecule has 1 radical (unpaired) electrons. The molecule has 6 heteroatoms. The molecule has 0 unspecified atom stereocenters. The molecule has 0 amide bonds. The van der Waals surface area contributed by atoms with E-state index in [9.17, 15) is 4.79 Å². The van der Waals surface area contributed by atoms with Gasteiger partial charge in [-0.15, -0.1) is 0 Å². The summed E-state index contributed by atoms with van der Waals surface area (Å²) in [5.41, 5.74) is 1.08. The third-order valence-electron chi connectivity index (χ3n) is 2.39. The van der Waals surface area contributed by atoms with E-state index in [0.29, 0.717) is 17.3 Å². The standard InChI is InChI=1S/C12H11ClNO2S2/c1-14(11-10(13)12(15)18-17-11)7-8-4-3-5-9(6-8)16-2/h3-4,6H,7H2,1-2H3. The van der Waals surface area contributed by atoms with Gasteiger partial charge in [0.1, 0.15) is 15.8 Å². The summed E-state index contributed by atoms with van der Waals surface area (Å²) in [6, 6.07) is 8.67. The highest BCUT2D eigenvalue weighted by molar-refractivity contribution is 7.70. The van der Waals surface area contributed by atoms with E-state index in [0.717, 1.165) is 20.9 Å². The van der Waals surface area contributed by atoms with Gasteiger partial charge in [-0.3, -0.25) is 4.79 Å². The van der Waals surface area contributed by atoms with E-state index in [1.54, 1.807) is 7.11 Å². The molecule has 1 aromatic heterocycles.